The van der Waals surface area contributed by atoms with Crippen molar-refractivity contribution in [2.24, 2.45) is 0 Å². The van der Waals surface area contributed by atoms with Crippen LogP contribution in [-0.4, -0.2) is 25.2 Å². The molecule has 0 saturated carbocycles. The van der Waals surface area contributed by atoms with Crippen LogP contribution in [0.5, 0.6) is 0 Å². The lowest BCUT2D eigenvalue weighted by molar-refractivity contribution is -0.121. The molecule has 6 nitrogen and oxygen atoms in total. The largest absolute Gasteiger partial charge is 0.461 e. The number of fused-ring (bicyclic) bond motifs is 4. The molecule has 152 valence electrons. The quantitative estimate of drug-likeness (QED) is 0.683. The third-order valence-corrected chi connectivity index (χ3v) is 6.25. The number of amides is 1. The summed E-state index contributed by atoms with van der Waals surface area (Å²) >= 11 is 0. The minimum absolute atomic E-state index is 0.0123. The summed E-state index contributed by atoms with van der Waals surface area (Å²) in [6, 6.07) is 3.88. The average molecular weight is 395 g/mol. The number of carbonyl (C=O) groups excluding carboxylic acids is 1. The average Bonchev–Trinajstić information content (AvgIpc) is 3.35. The molecular formula is C23H25NO5. The van der Waals surface area contributed by atoms with E-state index in [1.165, 1.54) is 12.0 Å². The maximum atomic E-state index is 12.6. The van der Waals surface area contributed by atoms with Crippen LogP contribution in [0.3, 0.4) is 0 Å². The zero-order chi connectivity index (χ0) is 20.0. The van der Waals surface area contributed by atoms with Gasteiger partial charge in [-0.1, -0.05) is 0 Å². The molecule has 5 rings (SSSR count). The van der Waals surface area contributed by atoms with Crippen molar-refractivity contribution in [1.29, 1.82) is 0 Å². The van der Waals surface area contributed by atoms with Crippen molar-refractivity contribution in [2.45, 2.75) is 58.0 Å². The maximum Gasteiger partial charge on any atom is 0.340 e. The van der Waals surface area contributed by atoms with E-state index in [2.05, 4.69) is 11.4 Å². The molecule has 3 aromatic rings. The molecule has 0 unspecified atom stereocenters. The Kier molecular flexibility index (Phi) is 4.66. The van der Waals surface area contributed by atoms with E-state index in [1.54, 1.807) is 0 Å². The van der Waals surface area contributed by atoms with Gasteiger partial charge in [0.05, 0.1) is 18.1 Å². The van der Waals surface area contributed by atoms with Crippen molar-refractivity contribution in [3.05, 3.63) is 45.0 Å². The molecule has 1 atom stereocenters. The Hall–Kier alpha value is -2.60. The van der Waals surface area contributed by atoms with Crippen molar-refractivity contribution < 1.29 is 18.4 Å². The van der Waals surface area contributed by atoms with Crippen LogP contribution in [0.25, 0.3) is 21.9 Å². The molecular weight excluding hydrogens is 370 g/mol. The van der Waals surface area contributed by atoms with Gasteiger partial charge in [-0.25, -0.2) is 4.79 Å². The van der Waals surface area contributed by atoms with Crippen molar-refractivity contribution in [2.75, 3.05) is 13.2 Å². The number of ether oxygens (including phenoxy) is 1. The summed E-state index contributed by atoms with van der Waals surface area (Å²) in [7, 11) is 0. The van der Waals surface area contributed by atoms with E-state index in [-0.39, 0.29) is 18.4 Å². The Morgan fingerprint density at radius 3 is 2.76 bits per heavy atom. The van der Waals surface area contributed by atoms with Crippen LogP contribution in [-0.2, 0) is 28.8 Å². The van der Waals surface area contributed by atoms with E-state index in [1.807, 2.05) is 13.0 Å². The highest BCUT2D eigenvalue weighted by Gasteiger charge is 2.22. The Bertz CT molecular complexity index is 1150. The molecule has 1 aliphatic heterocycles. The van der Waals surface area contributed by atoms with Gasteiger partial charge in [0.25, 0.3) is 0 Å². The van der Waals surface area contributed by atoms with Gasteiger partial charge >= 0.3 is 5.63 Å². The first-order valence-corrected chi connectivity index (χ1v) is 10.5. The molecule has 2 aromatic heterocycles. The van der Waals surface area contributed by atoms with Gasteiger partial charge in [-0.15, -0.1) is 0 Å². The van der Waals surface area contributed by atoms with E-state index < -0.39 is 5.63 Å². The van der Waals surface area contributed by atoms with E-state index >= 15 is 0 Å². The van der Waals surface area contributed by atoms with E-state index in [0.717, 1.165) is 66.4 Å². The lowest BCUT2D eigenvalue weighted by atomic mass is 9.94. The zero-order valence-corrected chi connectivity index (χ0v) is 16.6. The first-order valence-electron chi connectivity index (χ1n) is 10.5. The molecule has 1 N–H and O–H groups in total. The van der Waals surface area contributed by atoms with Gasteiger partial charge < -0.3 is 18.9 Å². The minimum Gasteiger partial charge on any atom is -0.461 e. The fraction of sp³-hybridized carbons (Fsp3) is 0.478. The number of hydrogen-bond acceptors (Lipinski definition) is 5. The fourth-order valence-electron chi connectivity index (χ4n) is 4.60. The molecule has 0 spiro atoms. The molecule has 0 bridgehead atoms. The highest BCUT2D eigenvalue weighted by Crippen LogP contribution is 2.35. The molecule has 6 heteroatoms. The summed E-state index contributed by atoms with van der Waals surface area (Å²) < 4.78 is 17.1. The smallest absolute Gasteiger partial charge is 0.340 e. The number of carbonyl (C=O) groups is 1. The predicted molar refractivity (Wildman–Crippen MR) is 109 cm³/mol. The number of aryl methyl sites for hydroxylation is 3. The van der Waals surface area contributed by atoms with Gasteiger partial charge in [0.2, 0.25) is 5.91 Å². The summed E-state index contributed by atoms with van der Waals surface area (Å²) in [5.74, 6) is 0.868. The van der Waals surface area contributed by atoms with Crippen LogP contribution in [0.15, 0.2) is 25.8 Å². The zero-order valence-electron chi connectivity index (χ0n) is 16.6. The molecule has 1 aromatic carbocycles. The Balaban J connectivity index is 1.48. The van der Waals surface area contributed by atoms with Crippen molar-refractivity contribution in [3.63, 3.8) is 0 Å². The fourth-order valence-corrected chi connectivity index (χ4v) is 4.60. The number of hydrogen-bond donors (Lipinski definition) is 1. The molecule has 2 aliphatic rings. The van der Waals surface area contributed by atoms with Crippen molar-refractivity contribution in [1.82, 2.24) is 5.32 Å². The van der Waals surface area contributed by atoms with E-state index in [9.17, 15) is 9.59 Å². The molecule has 1 amide bonds. The number of benzene rings is 1. The Morgan fingerprint density at radius 2 is 1.93 bits per heavy atom. The van der Waals surface area contributed by atoms with Crippen LogP contribution in [0.2, 0.25) is 0 Å². The summed E-state index contributed by atoms with van der Waals surface area (Å²) in [4.78, 5) is 25.0. The van der Waals surface area contributed by atoms with Gasteiger partial charge in [-0.2, -0.15) is 0 Å². The second kappa shape index (κ2) is 7.34. The monoisotopic (exact) mass is 395 g/mol. The first-order chi connectivity index (χ1) is 14.1. The Morgan fingerprint density at radius 1 is 1.10 bits per heavy atom. The molecule has 29 heavy (non-hydrogen) atoms. The van der Waals surface area contributed by atoms with Crippen LogP contribution >= 0.6 is 0 Å². The van der Waals surface area contributed by atoms with Crippen LogP contribution in [0.1, 0.15) is 48.1 Å². The minimum atomic E-state index is -0.460. The standard InChI is InChI=1S/C23H25NO5/c1-13-16-9-18-15-6-2-3-7-19(15)28-21(18)11-20(16)29-23(26)17(13)10-22(25)24-12-14-5-4-8-27-14/h9,11,14H,2-8,10,12H2,1H3,(H,24,25)/t14-/m0/s1. The molecule has 1 saturated heterocycles. The van der Waals surface area contributed by atoms with Gasteiger partial charge in [-0.05, 0) is 50.7 Å². The summed E-state index contributed by atoms with van der Waals surface area (Å²) in [5.41, 5.74) is 3.31. The molecule has 1 aliphatic carbocycles. The third kappa shape index (κ3) is 3.35. The van der Waals surface area contributed by atoms with Crippen molar-refractivity contribution in [3.8, 4) is 0 Å². The lowest BCUT2D eigenvalue weighted by Gasteiger charge is -2.12. The van der Waals surface area contributed by atoms with E-state index in [4.69, 9.17) is 13.6 Å². The summed E-state index contributed by atoms with van der Waals surface area (Å²) in [6.45, 7) is 3.12. The van der Waals surface area contributed by atoms with Gasteiger partial charge in [-0.3, -0.25) is 4.79 Å². The van der Waals surface area contributed by atoms with Crippen LogP contribution in [0.4, 0.5) is 0 Å². The molecule has 1 fully saturated rings. The molecule has 0 radical (unpaired) electrons. The van der Waals surface area contributed by atoms with Gasteiger partial charge in [0.15, 0.2) is 0 Å². The van der Waals surface area contributed by atoms with Gasteiger partial charge in [0, 0.05) is 42.0 Å². The third-order valence-electron chi connectivity index (χ3n) is 6.25. The normalized spacial score (nSPS) is 19.0. The van der Waals surface area contributed by atoms with Crippen LogP contribution in [0, 0.1) is 6.92 Å². The number of rotatable bonds is 4. The number of furan rings is 1. The Labute approximate surface area is 168 Å². The molecule has 3 heterocycles. The summed E-state index contributed by atoms with van der Waals surface area (Å²) in [6.07, 6.45) is 6.36. The highest BCUT2D eigenvalue weighted by molar-refractivity contribution is 5.97. The number of nitrogens with one attached hydrogen (secondary N) is 1. The van der Waals surface area contributed by atoms with E-state index in [0.29, 0.717) is 17.7 Å². The van der Waals surface area contributed by atoms with Crippen molar-refractivity contribution >= 4 is 27.8 Å². The maximum absolute atomic E-state index is 12.6. The lowest BCUT2D eigenvalue weighted by Crippen LogP contribution is -2.34. The topological polar surface area (TPSA) is 81.7 Å². The highest BCUT2D eigenvalue weighted by atomic mass is 16.5. The predicted octanol–water partition coefficient (Wildman–Crippen LogP) is 3.56. The van der Waals surface area contributed by atoms with Gasteiger partial charge in [0.1, 0.15) is 16.9 Å². The first kappa shape index (κ1) is 18.4. The van der Waals surface area contributed by atoms with Crippen LogP contribution < -0.4 is 10.9 Å². The SMILES string of the molecule is Cc1c(CC(=O)NC[C@@H]2CCCO2)c(=O)oc2cc3oc4c(c3cc12)CCCC4. The second-order valence-corrected chi connectivity index (χ2v) is 8.16. The second-order valence-electron chi connectivity index (χ2n) is 8.16. The summed E-state index contributed by atoms with van der Waals surface area (Å²) in [5, 5.41) is 4.85.